The van der Waals surface area contributed by atoms with E-state index >= 15 is 0 Å². The summed E-state index contributed by atoms with van der Waals surface area (Å²) >= 11 is 4.88. The Bertz CT molecular complexity index is 349. The molecule has 3 heteroatoms. The van der Waals surface area contributed by atoms with E-state index in [1.165, 1.54) is 5.56 Å². The van der Waals surface area contributed by atoms with Gasteiger partial charge in [0.1, 0.15) is 16.8 Å². The quantitative estimate of drug-likeness (QED) is 0.797. The molecule has 1 aromatic carbocycles. The van der Waals surface area contributed by atoms with Crippen molar-refractivity contribution in [2.24, 2.45) is 5.73 Å². The van der Waals surface area contributed by atoms with Crippen LogP contribution in [0.3, 0.4) is 0 Å². The van der Waals surface area contributed by atoms with E-state index in [1.54, 1.807) is 0 Å². The van der Waals surface area contributed by atoms with Gasteiger partial charge in [0.2, 0.25) is 0 Å². The van der Waals surface area contributed by atoms with Crippen molar-refractivity contribution in [3.8, 4) is 5.75 Å². The molecule has 1 aromatic rings. The Hall–Kier alpha value is -1.09. The predicted octanol–water partition coefficient (Wildman–Crippen LogP) is 2.86. The molecule has 2 N–H and O–H groups in total. The number of benzene rings is 1. The van der Waals surface area contributed by atoms with Gasteiger partial charge in [-0.2, -0.15) is 0 Å². The zero-order valence-electron chi connectivity index (χ0n) is 9.36. The van der Waals surface area contributed by atoms with E-state index in [-0.39, 0.29) is 6.10 Å². The van der Waals surface area contributed by atoms with E-state index < -0.39 is 0 Å². The van der Waals surface area contributed by atoms with Gasteiger partial charge in [-0.1, -0.05) is 44.3 Å². The number of rotatable bonds is 4. The standard InChI is InChI=1S/C12H17NOS/c1-8(2)10-6-4-5-7-11(10)14-9(3)12(13)15/h4-9H,1-3H3,(H2,13,15). The Morgan fingerprint density at radius 1 is 1.27 bits per heavy atom. The van der Waals surface area contributed by atoms with Crippen molar-refractivity contribution in [2.45, 2.75) is 32.8 Å². The molecular formula is C12H17NOS. The molecular weight excluding hydrogens is 206 g/mol. The molecule has 0 aliphatic rings. The minimum absolute atomic E-state index is 0.222. The first-order valence-corrected chi connectivity index (χ1v) is 5.48. The Labute approximate surface area is 96.4 Å². The summed E-state index contributed by atoms with van der Waals surface area (Å²) in [6.45, 7) is 6.13. The molecule has 82 valence electrons. The summed E-state index contributed by atoms with van der Waals surface area (Å²) < 4.78 is 5.70. The fraction of sp³-hybridized carbons (Fsp3) is 0.417. The van der Waals surface area contributed by atoms with Crippen LogP contribution >= 0.6 is 12.2 Å². The molecule has 1 atom stereocenters. The summed E-state index contributed by atoms with van der Waals surface area (Å²) in [5.41, 5.74) is 6.70. The molecule has 0 fully saturated rings. The normalized spacial score (nSPS) is 12.5. The lowest BCUT2D eigenvalue weighted by Gasteiger charge is -2.17. The Kier molecular flexibility index (Phi) is 4.09. The van der Waals surface area contributed by atoms with E-state index in [1.807, 2.05) is 25.1 Å². The molecule has 0 radical (unpaired) electrons. The van der Waals surface area contributed by atoms with Gasteiger partial charge in [-0.25, -0.2) is 0 Å². The Balaban J connectivity index is 2.89. The third-order valence-corrected chi connectivity index (χ3v) is 2.58. The van der Waals surface area contributed by atoms with E-state index in [4.69, 9.17) is 22.7 Å². The molecule has 0 saturated carbocycles. The first-order chi connectivity index (χ1) is 7.02. The largest absolute Gasteiger partial charge is 0.483 e. The van der Waals surface area contributed by atoms with E-state index in [2.05, 4.69) is 19.9 Å². The minimum Gasteiger partial charge on any atom is -0.483 e. The molecule has 15 heavy (non-hydrogen) atoms. The summed E-state index contributed by atoms with van der Waals surface area (Å²) in [7, 11) is 0. The lowest BCUT2D eigenvalue weighted by Crippen LogP contribution is -2.29. The van der Waals surface area contributed by atoms with Crippen molar-refractivity contribution >= 4 is 17.2 Å². The van der Waals surface area contributed by atoms with Crippen LogP contribution in [-0.2, 0) is 0 Å². The molecule has 0 saturated heterocycles. The third kappa shape index (κ3) is 3.20. The second-order valence-corrected chi connectivity index (χ2v) is 4.33. The number of nitrogens with two attached hydrogens (primary N) is 1. The maximum Gasteiger partial charge on any atom is 0.145 e. The van der Waals surface area contributed by atoms with E-state index in [0.717, 1.165) is 5.75 Å². The van der Waals surface area contributed by atoms with Crippen molar-refractivity contribution < 1.29 is 4.74 Å². The molecule has 0 heterocycles. The SMILES string of the molecule is CC(Oc1ccccc1C(C)C)C(N)=S. The summed E-state index contributed by atoms with van der Waals surface area (Å²) in [6, 6.07) is 7.97. The van der Waals surface area contributed by atoms with Crippen LogP contribution in [0.4, 0.5) is 0 Å². The van der Waals surface area contributed by atoms with E-state index in [9.17, 15) is 0 Å². The van der Waals surface area contributed by atoms with Crippen molar-refractivity contribution in [3.05, 3.63) is 29.8 Å². The van der Waals surface area contributed by atoms with Gasteiger partial charge in [-0.05, 0) is 24.5 Å². The van der Waals surface area contributed by atoms with Gasteiger partial charge in [0, 0.05) is 0 Å². The second kappa shape index (κ2) is 5.12. The number of hydrogen-bond acceptors (Lipinski definition) is 2. The lowest BCUT2D eigenvalue weighted by atomic mass is 10.0. The highest BCUT2D eigenvalue weighted by Gasteiger charge is 2.11. The van der Waals surface area contributed by atoms with Gasteiger partial charge >= 0.3 is 0 Å². The summed E-state index contributed by atoms with van der Waals surface area (Å²) in [6.07, 6.45) is -0.222. The van der Waals surface area contributed by atoms with Crippen LogP contribution in [0.1, 0.15) is 32.3 Å². The van der Waals surface area contributed by atoms with Gasteiger partial charge in [-0.15, -0.1) is 0 Å². The molecule has 0 amide bonds. The predicted molar refractivity (Wildman–Crippen MR) is 67.4 cm³/mol. The van der Waals surface area contributed by atoms with Crippen molar-refractivity contribution in [2.75, 3.05) is 0 Å². The minimum atomic E-state index is -0.222. The number of thiocarbonyl (C=S) groups is 1. The van der Waals surface area contributed by atoms with Gasteiger partial charge in [0.25, 0.3) is 0 Å². The number of hydrogen-bond donors (Lipinski definition) is 1. The summed E-state index contributed by atoms with van der Waals surface area (Å²) in [4.78, 5) is 0.383. The van der Waals surface area contributed by atoms with Crippen LogP contribution < -0.4 is 10.5 Å². The van der Waals surface area contributed by atoms with Gasteiger partial charge < -0.3 is 10.5 Å². The zero-order chi connectivity index (χ0) is 11.4. The van der Waals surface area contributed by atoms with Crippen LogP contribution in [0.2, 0.25) is 0 Å². The Morgan fingerprint density at radius 2 is 1.87 bits per heavy atom. The molecule has 0 aliphatic carbocycles. The molecule has 0 spiro atoms. The highest BCUT2D eigenvalue weighted by molar-refractivity contribution is 7.80. The third-order valence-electron chi connectivity index (χ3n) is 2.25. The highest BCUT2D eigenvalue weighted by atomic mass is 32.1. The maximum atomic E-state index is 5.70. The summed E-state index contributed by atoms with van der Waals surface area (Å²) in [5, 5.41) is 0. The van der Waals surface area contributed by atoms with Crippen LogP contribution in [0, 0.1) is 0 Å². The average molecular weight is 223 g/mol. The average Bonchev–Trinajstić information content (AvgIpc) is 2.18. The zero-order valence-corrected chi connectivity index (χ0v) is 10.2. The van der Waals surface area contributed by atoms with Crippen molar-refractivity contribution in [1.82, 2.24) is 0 Å². The van der Waals surface area contributed by atoms with Gasteiger partial charge in [-0.3, -0.25) is 0 Å². The van der Waals surface area contributed by atoms with E-state index in [0.29, 0.717) is 10.9 Å². The van der Waals surface area contributed by atoms with Crippen LogP contribution in [0.25, 0.3) is 0 Å². The monoisotopic (exact) mass is 223 g/mol. The lowest BCUT2D eigenvalue weighted by molar-refractivity contribution is 0.284. The van der Waals surface area contributed by atoms with Gasteiger partial charge in [0.05, 0.1) is 0 Å². The molecule has 0 bridgehead atoms. The Morgan fingerprint density at radius 3 is 2.40 bits per heavy atom. The highest BCUT2D eigenvalue weighted by Crippen LogP contribution is 2.26. The molecule has 0 aromatic heterocycles. The van der Waals surface area contributed by atoms with Crippen LogP contribution in [-0.4, -0.2) is 11.1 Å². The van der Waals surface area contributed by atoms with Gasteiger partial charge in [0.15, 0.2) is 0 Å². The molecule has 1 unspecified atom stereocenters. The molecule has 0 aliphatic heterocycles. The van der Waals surface area contributed by atoms with Crippen molar-refractivity contribution in [3.63, 3.8) is 0 Å². The van der Waals surface area contributed by atoms with Crippen LogP contribution in [0.15, 0.2) is 24.3 Å². The van der Waals surface area contributed by atoms with Crippen LogP contribution in [0.5, 0.6) is 5.75 Å². The smallest absolute Gasteiger partial charge is 0.145 e. The first-order valence-electron chi connectivity index (χ1n) is 5.07. The topological polar surface area (TPSA) is 35.2 Å². The van der Waals surface area contributed by atoms with Crippen molar-refractivity contribution in [1.29, 1.82) is 0 Å². The maximum absolute atomic E-state index is 5.70. The first kappa shape index (κ1) is 12.0. The summed E-state index contributed by atoms with van der Waals surface area (Å²) in [5.74, 6) is 1.30. The number of para-hydroxylation sites is 1. The fourth-order valence-corrected chi connectivity index (χ4v) is 1.36. The number of ether oxygens (including phenoxy) is 1. The fourth-order valence-electron chi connectivity index (χ4n) is 1.31. The molecule has 1 rings (SSSR count). The molecule has 2 nitrogen and oxygen atoms in total. The second-order valence-electron chi connectivity index (χ2n) is 3.85.